The molecule has 0 saturated heterocycles. The Labute approximate surface area is 155 Å². The quantitative estimate of drug-likeness (QED) is 0.795. The third-order valence-electron chi connectivity index (χ3n) is 3.73. The number of anilines is 1. The minimum Gasteiger partial charge on any atom is -0.481 e. The fourth-order valence-corrected chi connectivity index (χ4v) is 3.40. The van der Waals surface area contributed by atoms with Gasteiger partial charge in [-0.05, 0) is 18.6 Å². The molecule has 0 aliphatic heterocycles. The van der Waals surface area contributed by atoms with Gasteiger partial charge >= 0.3 is 12.0 Å². The molecular formula is C17H20ClN3O3S. The third kappa shape index (κ3) is 5.17. The zero-order valence-corrected chi connectivity index (χ0v) is 15.8. The first kappa shape index (κ1) is 19.2. The highest BCUT2D eigenvalue weighted by Crippen LogP contribution is 2.27. The van der Waals surface area contributed by atoms with Gasteiger partial charge in [0.25, 0.3) is 0 Å². The van der Waals surface area contributed by atoms with Crippen molar-refractivity contribution in [3.05, 3.63) is 45.4 Å². The normalized spacial score (nSPS) is 11.8. The summed E-state index contributed by atoms with van der Waals surface area (Å²) in [7, 11) is 1.56. The Kier molecular flexibility index (Phi) is 6.39. The number of nitrogens with zero attached hydrogens (tertiary/aromatic N) is 2. The van der Waals surface area contributed by atoms with E-state index >= 15 is 0 Å². The van der Waals surface area contributed by atoms with Crippen molar-refractivity contribution in [1.82, 2.24) is 9.88 Å². The molecule has 0 spiro atoms. The van der Waals surface area contributed by atoms with Crippen LogP contribution in [0.1, 0.15) is 23.1 Å². The largest absolute Gasteiger partial charge is 0.481 e. The third-order valence-corrected chi connectivity index (χ3v) is 5.17. The molecule has 134 valence electrons. The van der Waals surface area contributed by atoms with Gasteiger partial charge in [0.05, 0.1) is 11.6 Å². The van der Waals surface area contributed by atoms with Gasteiger partial charge in [-0.1, -0.05) is 36.7 Å². The highest BCUT2D eigenvalue weighted by molar-refractivity contribution is 7.15. The van der Waals surface area contributed by atoms with Gasteiger partial charge in [0.2, 0.25) is 0 Å². The molecule has 1 aromatic heterocycles. The molecule has 2 N–H and O–H groups in total. The Morgan fingerprint density at radius 3 is 2.72 bits per heavy atom. The van der Waals surface area contributed by atoms with Gasteiger partial charge < -0.3 is 10.0 Å². The average molecular weight is 382 g/mol. The molecule has 0 fully saturated rings. The van der Waals surface area contributed by atoms with Gasteiger partial charge in [-0.2, -0.15) is 0 Å². The number of hydrogen-bond donors (Lipinski definition) is 2. The smallest absolute Gasteiger partial charge is 0.323 e. The van der Waals surface area contributed by atoms with Crippen LogP contribution in [0.4, 0.5) is 9.93 Å². The predicted octanol–water partition coefficient (Wildman–Crippen LogP) is 3.88. The molecule has 2 aromatic rings. The molecule has 0 radical (unpaired) electrons. The van der Waals surface area contributed by atoms with Crippen molar-refractivity contribution >= 4 is 40.1 Å². The highest BCUT2D eigenvalue weighted by atomic mass is 35.5. The van der Waals surface area contributed by atoms with E-state index in [2.05, 4.69) is 10.3 Å². The topological polar surface area (TPSA) is 82.5 Å². The summed E-state index contributed by atoms with van der Waals surface area (Å²) in [6, 6.07) is 7.23. The number of aryl methyl sites for hydroxylation is 1. The predicted molar refractivity (Wildman–Crippen MR) is 99.6 cm³/mol. The summed E-state index contributed by atoms with van der Waals surface area (Å²) in [5, 5.41) is 12.8. The number of carboxylic acid groups (broad SMARTS) is 1. The molecule has 0 bridgehead atoms. The van der Waals surface area contributed by atoms with Gasteiger partial charge in [-0.15, -0.1) is 11.3 Å². The van der Waals surface area contributed by atoms with E-state index in [0.29, 0.717) is 16.6 Å². The summed E-state index contributed by atoms with van der Waals surface area (Å²) in [5.41, 5.74) is 1.84. The molecule has 0 saturated carbocycles. The van der Waals surface area contributed by atoms with Crippen LogP contribution < -0.4 is 5.32 Å². The van der Waals surface area contributed by atoms with Crippen LogP contribution in [0.2, 0.25) is 5.02 Å². The summed E-state index contributed by atoms with van der Waals surface area (Å²) in [5.74, 6) is -1.57. The molecule has 1 atom stereocenters. The maximum Gasteiger partial charge on any atom is 0.323 e. The summed E-state index contributed by atoms with van der Waals surface area (Å²) in [6.07, 6.45) is 0.644. The van der Waals surface area contributed by atoms with E-state index in [1.165, 1.54) is 16.2 Å². The van der Waals surface area contributed by atoms with Crippen molar-refractivity contribution in [2.24, 2.45) is 5.92 Å². The van der Waals surface area contributed by atoms with Crippen LogP contribution in [-0.2, 0) is 11.2 Å². The van der Waals surface area contributed by atoms with E-state index in [9.17, 15) is 9.59 Å². The summed E-state index contributed by atoms with van der Waals surface area (Å²) < 4.78 is 0. The van der Waals surface area contributed by atoms with Crippen LogP contribution in [0.5, 0.6) is 0 Å². The Balaban J connectivity index is 2.03. The van der Waals surface area contributed by atoms with E-state index < -0.39 is 11.9 Å². The number of benzene rings is 1. The van der Waals surface area contributed by atoms with Gasteiger partial charge in [0, 0.05) is 29.9 Å². The number of nitrogens with one attached hydrogen (secondary N) is 1. The number of rotatable bonds is 6. The lowest BCUT2D eigenvalue weighted by atomic mass is 10.1. The van der Waals surface area contributed by atoms with Crippen LogP contribution >= 0.6 is 22.9 Å². The average Bonchev–Trinajstić information content (AvgIpc) is 2.88. The molecule has 2 rings (SSSR count). The molecule has 1 unspecified atom stereocenters. The monoisotopic (exact) mass is 381 g/mol. The molecule has 8 heteroatoms. The number of carboxylic acids is 1. The number of halogens is 1. The number of urea groups is 1. The van der Waals surface area contributed by atoms with Gasteiger partial charge in [0.1, 0.15) is 0 Å². The number of aromatic nitrogens is 1. The Morgan fingerprint density at radius 1 is 1.40 bits per heavy atom. The Bertz CT molecular complexity index is 778. The van der Waals surface area contributed by atoms with Crippen LogP contribution in [-0.4, -0.2) is 40.6 Å². The van der Waals surface area contributed by atoms with E-state index in [4.69, 9.17) is 16.7 Å². The number of aliphatic carboxylic acids is 1. The first-order valence-electron chi connectivity index (χ1n) is 7.72. The molecule has 0 aliphatic rings. The van der Waals surface area contributed by atoms with Crippen molar-refractivity contribution in [3.63, 3.8) is 0 Å². The standard InChI is InChI=1S/C17H20ClN3O3S/c1-10(15(22)23)9-21(3)17(24)20-16-19-11(2)14(25-16)8-12-6-4-5-7-13(12)18/h4-7,10H,8-9H2,1-3H3,(H,22,23)(H,19,20,24). The number of carbonyl (C=O) groups excluding carboxylic acids is 1. The van der Waals surface area contributed by atoms with Crippen molar-refractivity contribution in [1.29, 1.82) is 0 Å². The summed E-state index contributed by atoms with van der Waals surface area (Å²) >= 11 is 7.58. The first-order chi connectivity index (χ1) is 11.8. The number of carbonyl (C=O) groups is 2. The van der Waals surface area contributed by atoms with E-state index in [1.54, 1.807) is 14.0 Å². The van der Waals surface area contributed by atoms with Gasteiger partial charge in [0.15, 0.2) is 5.13 Å². The van der Waals surface area contributed by atoms with Crippen LogP contribution in [0, 0.1) is 12.8 Å². The molecule has 1 heterocycles. The minimum atomic E-state index is -0.938. The second kappa shape index (κ2) is 8.31. The maximum atomic E-state index is 12.2. The van der Waals surface area contributed by atoms with Crippen LogP contribution in [0.15, 0.2) is 24.3 Å². The number of hydrogen-bond acceptors (Lipinski definition) is 4. The Hall–Kier alpha value is -2.12. The van der Waals surface area contributed by atoms with Crippen LogP contribution in [0.3, 0.4) is 0 Å². The number of amides is 2. The second-order valence-corrected chi connectivity index (χ2v) is 7.34. The molecule has 2 amide bonds. The summed E-state index contributed by atoms with van der Waals surface area (Å²) in [6.45, 7) is 3.56. The summed E-state index contributed by atoms with van der Waals surface area (Å²) in [4.78, 5) is 29.8. The fourth-order valence-electron chi connectivity index (χ4n) is 2.22. The van der Waals surface area contributed by atoms with Crippen LogP contribution in [0.25, 0.3) is 0 Å². The zero-order valence-electron chi connectivity index (χ0n) is 14.2. The number of thiazole rings is 1. The lowest BCUT2D eigenvalue weighted by Crippen LogP contribution is -2.36. The van der Waals surface area contributed by atoms with Crippen molar-refractivity contribution < 1.29 is 14.7 Å². The van der Waals surface area contributed by atoms with Crippen molar-refractivity contribution in [3.8, 4) is 0 Å². The second-order valence-electron chi connectivity index (χ2n) is 5.85. The van der Waals surface area contributed by atoms with E-state index in [0.717, 1.165) is 16.1 Å². The fraction of sp³-hybridized carbons (Fsp3) is 0.353. The zero-order chi connectivity index (χ0) is 18.6. The van der Waals surface area contributed by atoms with Crippen molar-refractivity contribution in [2.45, 2.75) is 20.3 Å². The highest BCUT2D eigenvalue weighted by Gasteiger charge is 2.19. The lowest BCUT2D eigenvalue weighted by molar-refractivity contribution is -0.141. The molecule has 0 aliphatic carbocycles. The Morgan fingerprint density at radius 2 is 2.08 bits per heavy atom. The minimum absolute atomic E-state index is 0.123. The first-order valence-corrected chi connectivity index (χ1v) is 8.92. The van der Waals surface area contributed by atoms with E-state index in [-0.39, 0.29) is 12.6 Å². The lowest BCUT2D eigenvalue weighted by Gasteiger charge is -2.19. The van der Waals surface area contributed by atoms with Gasteiger partial charge in [-0.3, -0.25) is 10.1 Å². The molecule has 6 nitrogen and oxygen atoms in total. The van der Waals surface area contributed by atoms with Crippen molar-refractivity contribution in [2.75, 3.05) is 18.9 Å². The molecular weight excluding hydrogens is 362 g/mol. The molecule has 25 heavy (non-hydrogen) atoms. The van der Waals surface area contributed by atoms with E-state index in [1.807, 2.05) is 31.2 Å². The SMILES string of the molecule is Cc1nc(NC(=O)N(C)CC(C)C(=O)O)sc1Cc1ccccc1Cl. The molecule has 1 aromatic carbocycles. The maximum absolute atomic E-state index is 12.2. The van der Waals surface area contributed by atoms with Gasteiger partial charge in [-0.25, -0.2) is 9.78 Å².